The molecule has 1 aromatic rings. The van der Waals surface area contributed by atoms with Gasteiger partial charge in [0.1, 0.15) is 0 Å². The molecule has 1 rings (SSSR count). The van der Waals surface area contributed by atoms with Gasteiger partial charge in [-0.05, 0) is 30.9 Å². The van der Waals surface area contributed by atoms with Crippen molar-refractivity contribution in [3.63, 3.8) is 0 Å². The standard InChI is InChI=1S/C11H17ClN2O2S2/c1-7-4-9(5-10(13)11(7)12)18(15,16)14-6-8(2)17-3/h4-5,8,14H,6,13H2,1-3H3. The van der Waals surface area contributed by atoms with Crippen molar-refractivity contribution >= 4 is 39.1 Å². The van der Waals surface area contributed by atoms with Crippen LogP contribution >= 0.6 is 23.4 Å². The summed E-state index contributed by atoms with van der Waals surface area (Å²) in [6, 6.07) is 2.90. The van der Waals surface area contributed by atoms with Crippen molar-refractivity contribution in [2.45, 2.75) is 24.0 Å². The average molecular weight is 309 g/mol. The number of anilines is 1. The second kappa shape index (κ2) is 6.14. The summed E-state index contributed by atoms with van der Waals surface area (Å²) in [5.74, 6) is 0. The Morgan fingerprint density at radius 2 is 2.11 bits per heavy atom. The minimum atomic E-state index is -3.53. The van der Waals surface area contributed by atoms with E-state index in [4.69, 9.17) is 17.3 Å². The average Bonchev–Trinajstić information content (AvgIpc) is 2.32. The lowest BCUT2D eigenvalue weighted by molar-refractivity contribution is 0.581. The molecule has 0 aliphatic rings. The molecule has 0 spiro atoms. The van der Waals surface area contributed by atoms with Crippen molar-refractivity contribution in [3.8, 4) is 0 Å². The molecule has 0 aliphatic carbocycles. The first-order valence-electron chi connectivity index (χ1n) is 5.36. The molecule has 0 heterocycles. The van der Waals surface area contributed by atoms with Crippen molar-refractivity contribution in [2.75, 3.05) is 18.5 Å². The Morgan fingerprint density at radius 3 is 2.61 bits per heavy atom. The zero-order valence-corrected chi connectivity index (χ0v) is 12.9. The van der Waals surface area contributed by atoms with Crippen molar-refractivity contribution in [2.24, 2.45) is 0 Å². The highest BCUT2D eigenvalue weighted by atomic mass is 35.5. The first kappa shape index (κ1) is 15.6. The monoisotopic (exact) mass is 308 g/mol. The molecule has 0 radical (unpaired) electrons. The van der Waals surface area contributed by atoms with Crippen LogP contribution in [-0.2, 0) is 10.0 Å². The van der Waals surface area contributed by atoms with Gasteiger partial charge in [0.15, 0.2) is 0 Å². The maximum absolute atomic E-state index is 12.0. The lowest BCUT2D eigenvalue weighted by Crippen LogP contribution is -2.29. The highest BCUT2D eigenvalue weighted by Crippen LogP contribution is 2.26. The number of halogens is 1. The van der Waals surface area contributed by atoms with Gasteiger partial charge in [-0.25, -0.2) is 13.1 Å². The molecule has 1 aromatic carbocycles. The van der Waals surface area contributed by atoms with Gasteiger partial charge in [0.25, 0.3) is 0 Å². The van der Waals surface area contributed by atoms with E-state index >= 15 is 0 Å². The third-order valence-corrected chi connectivity index (χ3v) is 5.42. The van der Waals surface area contributed by atoms with Crippen molar-refractivity contribution in [1.82, 2.24) is 4.72 Å². The molecular weight excluding hydrogens is 292 g/mol. The zero-order chi connectivity index (χ0) is 13.9. The number of nitrogens with one attached hydrogen (secondary N) is 1. The van der Waals surface area contributed by atoms with Crippen LogP contribution in [0.25, 0.3) is 0 Å². The molecule has 0 saturated heterocycles. The predicted octanol–water partition coefficient (Wildman–Crippen LogP) is 2.26. The largest absolute Gasteiger partial charge is 0.397 e. The highest BCUT2D eigenvalue weighted by Gasteiger charge is 2.17. The summed E-state index contributed by atoms with van der Waals surface area (Å²) < 4.78 is 26.7. The first-order chi connectivity index (χ1) is 8.27. The van der Waals surface area contributed by atoms with Crippen LogP contribution < -0.4 is 10.5 Å². The molecule has 102 valence electrons. The molecule has 0 aliphatic heterocycles. The van der Waals surface area contributed by atoms with Crippen molar-refractivity contribution in [1.29, 1.82) is 0 Å². The SMILES string of the molecule is CSC(C)CNS(=O)(=O)c1cc(C)c(Cl)c(N)c1. The fourth-order valence-corrected chi connectivity index (χ4v) is 3.03. The van der Waals surface area contributed by atoms with Crippen LogP contribution in [0, 0.1) is 6.92 Å². The van der Waals surface area contributed by atoms with Crippen molar-refractivity contribution < 1.29 is 8.42 Å². The summed E-state index contributed by atoms with van der Waals surface area (Å²) in [7, 11) is -3.53. The molecule has 0 aromatic heterocycles. The number of nitrogens with two attached hydrogens (primary N) is 1. The van der Waals surface area contributed by atoms with Gasteiger partial charge in [-0.1, -0.05) is 18.5 Å². The second-order valence-corrected chi connectivity index (χ2v) is 7.46. The molecule has 1 atom stereocenters. The van der Waals surface area contributed by atoms with Gasteiger partial charge < -0.3 is 5.73 Å². The number of hydrogen-bond acceptors (Lipinski definition) is 4. The number of rotatable bonds is 5. The third kappa shape index (κ3) is 3.78. The van der Waals surface area contributed by atoms with Gasteiger partial charge in [-0.2, -0.15) is 11.8 Å². The van der Waals surface area contributed by atoms with Gasteiger partial charge in [0, 0.05) is 11.8 Å². The highest BCUT2D eigenvalue weighted by molar-refractivity contribution is 7.99. The van der Waals surface area contributed by atoms with E-state index in [9.17, 15) is 8.42 Å². The van der Waals surface area contributed by atoms with E-state index in [0.717, 1.165) is 0 Å². The van der Waals surface area contributed by atoms with E-state index in [1.54, 1.807) is 18.7 Å². The number of thioether (sulfide) groups is 1. The van der Waals surface area contributed by atoms with E-state index in [1.165, 1.54) is 12.1 Å². The number of hydrogen-bond donors (Lipinski definition) is 2. The van der Waals surface area contributed by atoms with E-state index in [0.29, 0.717) is 17.1 Å². The summed E-state index contributed by atoms with van der Waals surface area (Å²) in [4.78, 5) is 0.148. The van der Waals surface area contributed by atoms with Crippen LogP contribution in [0.3, 0.4) is 0 Å². The van der Waals surface area contributed by atoms with E-state index in [1.807, 2.05) is 13.2 Å². The molecule has 18 heavy (non-hydrogen) atoms. The maximum Gasteiger partial charge on any atom is 0.240 e. The Kier molecular flexibility index (Phi) is 5.33. The number of benzene rings is 1. The van der Waals surface area contributed by atoms with Gasteiger partial charge in [-0.3, -0.25) is 0 Å². The number of aryl methyl sites for hydroxylation is 1. The Labute approximate surface area is 117 Å². The van der Waals surface area contributed by atoms with Gasteiger partial charge in [0.05, 0.1) is 15.6 Å². The maximum atomic E-state index is 12.0. The van der Waals surface area contributed by atoms with E-state index in [2.05, 4.69) is 4.72 Å². The summed E-state index contributed by atoms with van der Waals surface area (Å²) in [6.45, 7) is 4.06. The Hall–Kier alpha value is -0.430. The Morgan fingerprint density at radius 1 is 1.50 bits per heavy atom. The molecule has 1 unspecified atom stereocenters. The topological polar surface area (TPSA) is 72.2 Å². The predicted molar refractivity (Wildman–Crippen MR) is 78.8 cm³/mol. The molecular formula is C11H17ClN2O2S2. The minimum Gasteiger partial charge on any atom is -0.397 e. The van der Waals surface area contributed by atoms with Gasteiger partial charge >= 0.3 is 0 Å². The summed E-state index contributed by atoms with van der Waals surface area (Å²) in [5, 5.41) is 0.608. The van der Waals surface area contributed by atoms with Crippen LogP contribution in [0.5, 0.6) is 0 Å². The fraction of sp³-hybridized carbons (Fsp3) is 0.455. The lowest BCUT2D eigenvalue weighted by atomic mass is 10.2. The quantitative estimate of drug-likeness (QED) is 0.818. The molecule has 0 saturated carbocycles. The Balaban J connectivity index is 2.99. The minimum absolute atomic E-state index is 0.148. The molecule has 0 bridgehead atoms. The van der Waals surface area contributed by atoms with Crippen LogP contribution in [0.2, 0.25) is 5.02 Å². The normalized spacial score (nSPS) is 13.6. The Bertz CT molecular complexity index is 509. The number of nitrogen functional groups attached to an aromatic ring is 1. The smallest absolute Gasteiger partial charge is 0.240 e. The summed E-state index contributed by atoms with van der Waals surface area (Å²) in [6.07, 6.45) is 1.93. The molecule has 4 nitrogen and oxygen atoms in total. The lowest BCUT2D eigenvalue weighted by Gasteiger charge is -2.12. The van der Waals surface area contributed by atoms with Crippen LogP contribution in [0.4, 0.5) is 5.69 Å². The summed E-state index contributed by atoms with van der Waals surface area (Å²) in [5.41, 5.74) is 6.59. The van der Waals surface area contributed by atoms with Crippen LogP contribution in [-0.4, -0.2) is 26.5 Å². The van der Waals surface area contributed by atoms with Crippen LogP contribution in [0.1, 0.15) is 12.5 Å². The molecule has 0 amide bonds. The van der Waals surface area contributed by atoms with Crippen molar-refractivity contribution in [3.05, 3.63) is 22.7 Å². The molecule has 7 heteroatoms. The number of sulfonamides is 1. The third-order valence-electron chi connectivity index (χ3n) is 2.53. The molecule has 0 fully saturated rings. The second-order valence-electron chi connectivity index (χ2n) is 4.04. The zero-order valence-electron chi connectivity index (χ0n) is 10.5. The van der Waals surface area contributed by atoms with E-state index in [-0.39, 0.29) is 15.8 Å². The summed E-state index contributed by atoms with van der Waals surface area (Å²) >= 11 is 7.50. The van der Waals surface area contributed by atoms with E-state index < -0.39 is 10.0 Å². The fourth-order valence-electron chi connectivity index (χ4n) is 1.31. The first-order valence-corrected chi connectivity index (χ1v) is 8.51. The van der Waals surface area contributed by atoms with Gasteiger partial charge in [-0.15, -0.1) is 0 Å². The van der Waals surface area contributed by atoms with Gasteiger partial charge in [0.2, 0.25) is 10.0 Å². The van der Waals surface area contributed by atoms with Crippen LogP contribution in [0.15, 0.2) is 17.0 Å². The molecule has 3 N–H and O–H groups in total.